The Kier molecular flexibility index (Phi) is 32.2. The van der Waals surface area contributed by atoms with Gasteiger partial charge in [0, 0.05) is 0 Å². The number of rotatable bonds is 0. The van der Waals surface area contributed by atoms with Crippen molar-refractivity contribution in [3.05, 3.63) is 12.7 Å². The van der Waals surface area contributed by atoms with Gasteiger partial charge in [0.1, 0.15) is 0 Å². The minimum atomic E-state index is 1.06. The second-order valence-corrected chi connectivity index (χ2v) is 3.15. The average Bonchev–Trinajstić information content (AvgIpc) is 2.08. The molecule has 13 heavy (non-hydrogen) atoms. The Labute approximate surface area is 86.4 Å². The van der Waals surface area contributed by atoms with Crippen LogP contribution < -0.4 is 0 Å². The highest BCUT2D eigenvalue weighted by Crippen LogP contribution is 2.24. The standard InChI is InChI=1S/C5H10.C3H8.C3H6.C2H6/c1-5-3-2-4-5;2*1-3-2;1-2/h5H,2-4H2,1H3;3H2,1-2H3;3H,1H2,2H3;1-2H3. The molecule has 0 radical (unpaired) electrons. The normalized spacial score (nSPS) is 12.8. The maximum Gasteiger partial charge on any atom is -0.0443 e. The van der Waals surface area contributed by atoms with Crippen LogP contribution in [0.15, 0.2) is 12.7 Å². The third-order valence-electron chi connectivity index (χ3n) is 1.39. The van der Waals surface area contributed by atoms with Crippen molar-refractivity contribution in [2.45, 2.75) is 67.2 Å². The summed E-state index contributed by atoms with van der Waals surface area (Å²) in [5.41, 5.74) is 0. The first-order chi connectivity index (χ1) is 6.22. The lowest BCUT2D eigenvalue weighted by Gasteiger charge is -2.18. The van der Waals surface area contributed by atoms with Gasteiger partial charge in [-0.2, -0.15) is 0 Å². The van der Waals surface area contributed by atoms with Crippen molar-refractivity contribution < 1.29 is 0 Å². The summed E-state index contributed by atoms with van der Waals surface area (Å²) in [6, 6.07) is 0. The van der Waals surface area contributed by atoms with Gasteiger partial charge in [0.05, 0.1) is 0 Å². The Hall–Kier alpha value is -0.260. The van der Waals surface area contributed by atoms with E-state index in [1.165, 1.54) is 25.7 Å². The third-order valence-corrected chi connectivity index (χ3v) is 1.39. The van der Waals surface area contributed by atoms with Crippen molar-refractivity contribution in [1.29, 1.82) is 0 Å². The van der Waals surface area contributed by atoms with Crippen LogP contribution in [0.5, 0.6) is 0 Å². The lowest BCUT2D eigenvalue weighted by Crippen LogP contribution is -2.04. The summed E-state index contributed by atoms with van der Waals surface area (Å²) in [5, 5.41) is 0. The monoisotopic (exact) mass is 186 g/mol. The molecular weight excluding hydrogens is 156 g/mol. The number of hydrogen-bond donors (Lipinski definition) is 0. The average molecular weight is 186 g/mol. The number of hydrogen-bond acceptors (Lipinski definition) is 0. The van der Waals surface area contributed by atoms with E-state index < -0.39 is 0 Å². The maximum absolute atomic E-state index is 3.36. The van der Waals surface area contributed by atoms with Crippen LogP contribution in [0.4, 0.5) is 0 Å². The van der Waals surface area contributed by atoms with Crippen molar-refractivity contribution >= 4 is 0 Å². The van der Waals surface area contributed by atoms with Gasteiger partial charge in [-0.15, -0.1) is 6.58 Å². The molecule has 1 aliphatic carbocycles. The second-order valence-electron chi connectivity index (χ2n) is 3.15. The van der Waals surface area contributed by atoms with E-state index in [9.17, 15) is 0 Å². The summed E-state index contributed by atoms with van der Waals surface area (Å²) in [7, 11) is 0. The van der Waals surface area contributed by atoms with Crippen LogP contribution in [0, 0.1) is 5.92 Å². The first-order valence-corrected chi connectivity index (χ1v) is 5.79. The molecule has 0 amide bonds. The van der Waals surface area contributed by atoms with Gasteiger partial charge < -0.3 is 0 Å². The van der Waals surface area contributed by atoms with E-state index in [1.54, 1.807) is 6.08 Å². The van der Waals surface area contributed by atoms with Gasteiger partial charge in [-0.3, -0.25) is 0 Å². The molecule has 0 heterocycles. The lowest BCUT2D eigenvalue weighted by molar-refractivity contribution is 0.346. The van der Waals surface area contributed by atoms with E-state index in [-0.39, 0.29) is 0 Å². The minimum absolute atomic E-state index is 1.06. The predicted molar refractivity (Wildman–Crippen MR) is 66.2 cm³/mol. The third kappa shape index (κ3) is 33.8. The summed E-state index contributed by atoms with van der Waals surface area (Å²) in [6.07, 6.45) is 7.46. The molecule has 0 aromatic rings. The first-order valence-electron chi connectivity index (χ1n) is 5.79. The zero-order valence-corrected chi connectivity index (χ0v) is 10.7. The first kappa shape index (κ1) is 18.5. The summed E-state index contributed by atoms with van der Waals surface area (Å²) in [5.74, 6) is 1.06. The van der Waals surface area contributed by atoms with E-state index in [4.69, 9.17) is 0 Å². The molecule has 0 saturated heterocycles. The molecule has 1 saturated carbocycles. The maximum atomic E-state index is 3.36. The second kappa shape index (κ2) is 22.6. The lowest BCUT2D eigenvalue weighted by atomic mass is 9.88. The fraction of sp³-hybridized carbons (Fsp3) is 0.846. The van der Waals surface area contributed by atoms with Gasteiger partial charge >= 0.3 is 0 Å². The molecule has 0 bridgehead atoms. The summed E-state index contributed by atoms with van der Waals surface area (Å²) >= 11 is 0. The Morgan fingerprint density at radius 1 is 1.23 bits per heavy atom. The molecule has 82 valence electrons. The van der Waals surface area contributed by atoms with Crippen molar-refractivity contribution in [3.63, 3.8) is 0 Å². The molecule has 0 aliphatic heterocycles. The van der Waals surface area contributed by atoms with Gasteiger partial charge in [-0.05, 0) is 12.8 Å². The highest BCUT2D eigenvalue weighted by atomic mass is 14.1. The molecule has 0 atom stereocenters. The van der Waals surface area contributed by atoms with Crippen LogP contribution >= 0.6 is 0 Å². The Balaban J connectivity index is -0.000000112. The van der Waals surface area contributed by atoms with Crippen molar-refractivity contribution in [3.8, 4) is 0 Å². The van der Waals surface area contributed by atoms with E-state index >= 15 is 0 Å². The van der Waals surface area contributed by atoms with E-state index in [2.05, 4.69) is 27.4 Å². The van der Waals surface area contributed by atoms with E-state index in [1.807, 2.05) is 20.8 Å². The molecule has 0 aromatic heterocycles. The fourth-order valence-corrected chi connectivity index (χ4v) is 0.612. The van der Waals surface area contributed by atoms with E-state index in [0.29, 0.717) is 0 Å². The van der Waals surface area contributed by atoms with E-state index in [0.717, 1.165) is 5.92 Å². The summed E-state index contributed by atoms with van der Waals surface area (Å²) in [4.78, 5) is 0. The Morgan fingerprint density at radius 2 is 1.38 bits per heavy atom. The SMILES string of the molecule is C=CC.CC.CC1CCC1.CCC. The quantitative estimate of drug-likeness (QED) is 0.442. The zero-order chi connectivity index (χ0) is 11.1. The molecular formula is C13H30. The van der Waals surface area contributed by atoms with Crippen molar-refractivity contribution in [2.75, 3.05) is 0 Å². The van der Waals surface area contributed by atoms with Crippen LogP contribution in [0.3, 0.4) is 0 Å². The Bertz CT molecular complexity index is 60.4. The largest absolute Gasteiger partial charge is 0.103 e. The van der Waals surface area contributed by atoms with Gasteiger partial charge in [0.2, 0.25) is 0 Å². The fourth-order valence-electron chi connectivity index (χ4n) is 0.612. The molecule has 0 aromatic carbocycles. The van der Waals surface area contributed by atoms with Gasteiger partial charge in [0.25, 0.3) is 0 Å². The van der Waals surface area contributed by atoms with Crippen LogP contribution in [0.2, 0.25) is 0 Å². The summed E-state index contributed by atoms with van der Waals surface area (Å²) < 4.78 is 0. The van der Waals surface area contributed by atoms with Crippen LogP contribution in [0.1, 0.15) is 67.2 Å². The van der Waals surface area contributed by atoms with Crippen molar-refractivity contribution in [1.82, 2.24) is 0 Å². The molecule has 1 aliphatic rings. The Morgan fingerprint density at radius 3 is 1.38 bits per heavy atom. The molecule has 1 fully saturated rings. The van der Waals surface area contributed by atoms with Crippen LogP contribution in [-0.4, -0.2) is 0 Å². The van der Waals surface area contributed by atoms with Crippen LogP contribution in [-0.2, 0) is 0 Å². The molecule has 1 rings (SSSR count). The highest BCUT2D eigenvalue weighted by Gasteiger charge is 2.09. The number of allylic oxidation sites excluding steroid dienone is 1. The van der Waals surface area contributed by atoms with Gasteiger partial charge in [-0.1, -0.05) is 66.4 Å². The highest BCUT2D eigenvalue weighted by molar-refractivity contribution is 4.62. The van der Waals surface area contributed by atoms with Crippen molar-refractivity contribution in [2.24, 2.45) is 5.92 Å². The van der Waals surface area contributed by atoms with Crippen LogP contribution in [0.25, 0.3) is 0 Å². The predicted octanol–water partition coefficient (Wildman–Crippen LogP) is 5.44. The zero-order valence-electron chi connectivity index (χ0n) is 10.7. The molecule has 0 nitrogen and oxygen atoms in total. The molecule has 0 unspecified atom stereocenters. The van der Waals surface area contributed by atoms with Gasteiger partial charge in [0.15, 0.2) is 0 Å². The topological polar surface area (TPSA) is 0 Å². The molecule has 0 heteroatoms. The smallest absolute Gasteiger partial charge is 0.0443 e. The van der Waals surface area contributed by atoms with Gasteiger partial charge in [-0.25, -0.2) is 0 Å². The summed E-state index contributed by atoms with van der Waals surface area (Å²) in [6.45, 7) is 15.8. The molecule has 0 spiro atoms. The minimum Gasteiger partial charge on any atom is -0.103 e. The molecule has 0 N–H and O–H groups in total.